The van der Waals surface area contributed by atoms with Gasteiger partial charge in [-0.15, -0.1) is 0 Å². The first-order valence-corrected chi connectivity index (χ1v) is 6.92. The second kappa shape index (κ2) is 8.34. The van der Waals surface area contributed by atoms with Gasteiger partial charge in [0.25, 0.3) is 0 Å². The number of nitriles is 1. The van der Waals surface area contributed by atoms with Crippen LogP contribution in [0, 0.1) is 11.3 Å². The van der Waals surface area contributed by atoms with E-state index in [-0.39, 0.29) is 24.5 Å². The van der Waals surface area contributed by atoms with Crippen molar-refractivity contribution < 1.29 is 9.53 Å². The summed E-state index contributed by atoms with van der Waals surface area (Å²) in [7, 11) is 0. The van der Waals surface area contributed by atoms with Gasteiger partial charge in [0.1, 0.15) is 0 Å². The zero-order chi connectivity index (χ0) is 15.0. The molecule has 20 heavy (non-hydrogen) atoms. The van der Waals surface area contributed by atoms with E-state index in [2.05, 4.69) is 6.07 Å². The van der Waals surface area contributed by atoms with Crippen LogP contribution in [0.3, 0.4) is 0 Å². The van der Waals surface area contributed by atoms with Crippen molar-refractivity contribution in [3.05, 3.63) is 35.9 Å². The lowest BCUT2D eigenvalue weighted by Crippen LogP contribution is -2.39. The van der Waals surface area contributed by atoms with Gasteiger partial charge >= 0.3 is 5.97 Å². The summed E-state index contributed by atoms with van der Waals surface area (Å²) in [6, 6.07) is 12.1. The van der Waals surface area contributed by atoms with Gasteiger partial charge in [-0.05, 0) is 26.3 Å². The molecule has 0 aliphatic carbocycles. The molecule has 0 saturated carbocycles. The van der Waals surface area contributed by atoms with Crippen LogP contribution >= 0.6 is 0 Å². The number of esters is 1. The molecule has 1 rings (SSSR count). The first-order chi connectivity index (χ1) is 9.58. The van der Waals surface area contributed by atoms with Crippen molar-refractivity contribution in [3.63, 3.8) is 0 Å². The van der Waals surface area contributed by atoms with Crippen molar-refractivity contribution in [2.75, 3.05) is 19.7 Å². The van der Waals surface area contributed by atoms with Crippen LogP contribution in [0.5, 0.6) is 0 Å². The molecule has 1 atom stereocenters. The molecule has 1 aromatic carbocycles. The monoisotopic (exact) mass is 274 g/mol. The minimum absolute atomic E-state index is 0.180. The van der Waals surface area contributed by atoms with Crippen LogP contribution in [-0.4, -0.2) is 36.6 Å². The Bertz CT molecular complexity index is 451. The fourth-order valence-corrected chi connectivity index (χ4v) is 1.97. The summed E-state index contributed by atoms with van der Waals surface area (Å²) in [6.45, 7) is 6.94. The summed E-state index contributed by atoms with van der Waals surface area (Å²) >= 11 is 0. The van der Waals surface area contributed by atoms with E-state index in [9.17, 15) is 10.1 Å². The van der Waals surface area contributed by atoms with Gasteiger partial charge in [0, 0.05) is 12.6 Å². The molecule has 0 aliphatic rings. The quantitative estimate of drug-likeness (QED) is 0.717. The maximum atomic E-state index is 11.6. The van der Waals surface area contributed by atoms with Crippen LogP contribution < -0.4 is 0 Å². The van der Waals surface area contributed by atoms with E-state index in [1.165, 1.54) is 0 Å². The third-order valence-corrected chi connectivity index (χ3v) is 3.14. The first kappa shape index (κ1) is 16.2. The van der Waals surface area contributed by atoms with Crippen molar-refractivity contribution in [2.45, 2.75) is 32.7 Å². The Kier molecular flexibility index (Phi) is 6.75. The fourth-order valence-electron chi connectivity index (χ4n) is 1.97. The molecular weight excluding hydrogens is 252 g/mol. The number of carbonyl (C=O) groups is 1. The lowest BCUT2D eigenvalue weighted by molar-refractivity contribution is -0.144. The van der Waals surface area contributed by atoms with E-state index in [1.54, 1.807) is 6.92 Å². The Morgan fingerprint density at radius 1 is 1.35 bits per heavy atom. The summed E-state index contributed by atoms with van der Waals surface area (Å²) in [5, 5.41) is 9.35. The fraction of sp³-hybridized carbons (Fsp3) is 0.500. The number of carbonyl (C=O) groups excluding carboxylic acids is 1. The van der Waals surface area contributed by atoms with E-state index in [1.807, 2.05) is 49.1 Å². The summed E-state index contributed by atoms with van der Waals surface area (Å²) < 4.78 is 4.98. The average molecular weight is 274 g/mol. The van der Waals surface area contributed by atoms with Gasteiger partial charge in [-0.3, -0.25) is 9.69 Å². The zero-order valence-electron chi connectivity index (χ0n) is 12.4. The van der Waals surface area contributed by atoms with Gasteiger partial charge in [-0.2, -0.15) is 5.26 Å². The molecule has 4 heteroatoms. The summed E-state index contributed by atoms with van der Waals surface area (Å²) in [5.74, 6) is -0.487. The maximum Gasteiger partial charge on any atom is 0.320 e. The van der Waals surface area contributed by atoms with Gasteiger partial charge in [0.15, 0.2) is 0 Å². The molecule has 0 bridgehead atoms. The highest BCUT2D eigenvalue weighted by molar-refractivity contribution is 5.71. The Morgan fingerprint density at radius 2 is 2.00 bits per heavy atom. The zero-order valence-corrected chi connectivity index (χ0v) is 12.4. The molecule has 0 aromatic heterocycles. The molecule has 1 aromatic rings. The van der Waals surface area contributed by atoms with Crippen LogP contribution in [0.1, 0.15) is 32.3 Å². The van der Waals surface area contributed by atoms with Crippen molar-refractivity contribution in [3.8, 4) is 6.07 Å². The highest BCUT2D eigenvalue weighted by Crippen LogP contribution is 2.17. The smallest absolute Gasteiger partial charge is 0.320 e. The van der Waals surface area contributed by atoms with Crippen molar-refractivity contribution in [2.24, 2.45) is 0 Å². The normalized spacial score (nSPS) is 12.2. The van der Waals surface area contributed by atoms with Crippen molar-refractivity contribution >= 4 is 5.97 Å². The average Bonchev–Trinajstić information content (AvgIpc) is 2.44. The number of hydrogen-bond acceptors (Lipinski definition) is 4. The van der Waals surface area contributed by atoms with E-state index in [4.69, 9.17) is 4.74 Å². The Balaban J connectivity index is 2.73. The largest absolute Gasteiger partial charge is 0.465 e. The molecule has 4 nitrogen and oxygen atoms in total. The maximum absolute atomic E-state index is 11.6. The third-order valence-electron chi connectivity index (χ3n) is 3.14. The molecule has 0 heterocycles. The van der Waals surface area contributed by atoms with Crippen LogP contribution in [0.15, 0.2) is 30.3 Å². The van der Waals surface area contributed by atoms with Crippen molar-refractivity contribution in [1.29, 1.82) is 5.26 Å². The third kappa shape index (κ3) is 5.02. The second-order valence-electron chi connectivity index (χ2n) is 4.92. The highest BCUT2D eigenvalue weighted by atomic mass is 16.5. The number of benzene rings is 1. The van der Waals surface area contributed by atoms with Crippen LogP contribution in [0.25, 0.3) is 0 Å². The summed E-state index contributed by atoms with van der Waals surface area (Å²) in [5.41, 5.74) is 0.976. The number of hydrogen-bond donors (Lipinski definition) is 0. The van der Waals surface area contributed by atoms with E-state index < -0.39 is 0 Å². The molecule has 0 amide bonds. The number of ether oxygens (including phenoxy) is 1. The number of rotatable bonds is 7. The van der Waals surface area contributed by atoms with Crippen LogP contribution in [0.2, 0.25) is 0 Å². The Labute approximate surface area is 121 Å². The first-order valence-electron chi connectivity index (χ1n) is 6.92. The molecule has 0 fully saturated rings. The summed E-state index contributed by atoms with van der Waals surface area (Å²) in [4.78, 5) is 13.6. The summed E-state index contributed by atoms with van der Waals surface area (Å²) in [6.07, 6.45) is 0. The van der Waals surface area contributed by atoms with Gasteiger partial charge in [0.2, 0.25) is 0 Å². The molecular formula is C16H22N2O2. The SMILES string of the molecule is CCOC(=O)CN(CC(C#N)c1ccccc1)C(C)C. The van der Waals surface area contributed by atoms with E-state index in [0.29, 0.717) is 13.2 Å². The van der Waals surface area contributed by atoms with E-state index >= 15 is 0 Å². The topological polar surface area (TPSA) is 53.3 Å². The van der Waals surface area contributed by atoms with Crippen LogP contribution in [-0.2, 0) is 9.53 Å². The second-order valence-corrected chi connectivity index (χ2v) is 4.92. The molecule has 0 radical (unpaired) electrons. The Morgan fingerprint density at radius 3 is 2.50 bits per heavy atom. The number of nitrogens with zero attached hydrogens (tertiary/aromatic N) is 2. The highest BCUT2D eigenvalue weighted by Gasteiger charge is 2.20. The lowest BCUT2D eigenvalue weighted by atomic mass is 9.99. The van der Waals surface area contributed by atoms with Gasteiger partial charge in [0.05, 0.1) is 25.1 Å². The van der Waals surface area contributed by atoms with Gasteiger partial charge in [-0.1, -0.05) is 30.3 Å². The Hall–Kier alpha value is -1.86. The predicted octanol–water partition coefficient (Wildman–Crippen LogP) is 2.57. The van der Waals surface area contributed by atoms with E-state index in [0.717, 1.165) is 5.56 Å². The molecule has 0 spiro atoms. The molecule has 0 N–H and O–H groups in total. The predicted molar refractivity (Wildman–Crippen MR) is 78.1 cm³/mol. The lowest BCUT2D eigenvalue weighted by Gasteiger charge is -2.27. The minimum atomic E-state index is -0.244. The van der Waals surface area contributed by atoms with Gasteiger partial charge in [-0.25, -0.2) is 0 Å². The molecule has 0 saturated heterocycles. The standard InChI is InChI=1S/C16H22N2O2/c1-4-20-16(19)12-18(13(2)3)11-15(10-17)14-8-6-5-7-9-14/h5-9,13,15H,4,11-12H2,1-3H3. The van der Waals surface area contributed by atoms with Crippen LogP contribution in [0.4, 0.5) is 0 Å². The molecule has 108 valence electrons. The molecule has 0 aliphatic heterocycles. The molecule has 1 unspecified atom stereocenters. The van der Waals surface area contributed by atoms with Crippen molar-refractivity contribution in [1.82, 2.24) is 4.90 Å². The minimum Gasteiger partial charge on any atom is -0.465 e. The van der Waals surface area contributed by atoms with Gasteiger partial charge < -0.3 is 4.74 Å².